The van der Waals surface area contributed by atoms with Gasteiger partial charge in [0.1, 0.15) is 23.9 Å². The van der Waals surface area contributed by atoms with Crippen molar-refractivity contribution >= 4 is 17.4 Å². The largest absolute Gasteiger partial charge is 0.507 e. The summed E-state index contributed by atoms with van der Waals surface area (Å²) in [6.45, 7) is 4.45. The van der Waals surface area contributed by atoms with E-state index in [1.54, 1.807) is 61.7 Å². The standard InChI is InChI=1S/C24H25NO6/c1-4-14-31-19-11-5-16(6-12-19)21-20(23(27)24(28)25(21)13-15-29-2)22(26)17-7-9-18(30-3)10-8-17/h4-12,21,26H,1,13-15H2,2-3H3/b22-20+/t21-/m0/s1. The molecule has 0 aromatic heterocycles. The molecule has 7 heteroatoms. The van der Waals surface area contributed by atoms with Crippen LogP contribution in [0, 0.1) is 0 Å². The Balaban J connectivity index is 2.06. The van der Waals surface area contributed by atoms with Crippen LogP contribution in [0.1, 0.15) is 17.2 Å². The van der Waals surface area contributed by atoms with E-state index in [0.717, 1.165) is 0 Å². The summed E-state index contributed by atoms with van der Waals surface area (Å²) >= 11 is 0. The first kappa shape index (κ1) is 22.1. The Kier molecular flexibility index (Phi) is 7.10. The summed E-state index contributed by atoms with van der Waals surface area (Å²) in [7, 11) is 3.06. The van der Waals surface area contributed by atoms with E-state index in [2.05, 4.69) is 6.58 Å². The van der Waals surface area contributed by atoms with Crippen molar-refractivity contribution in [2.75, 3.05) is 34.0 Å². The zero-order chi connectivity index (χ0) is 22.4. The maximum Gasteiger partial charge on any atom is 0.295 e. The van der Waals surface area contributed by atoms with Crippen LogP contribution >= 0.6 is 0 Å². The molecule has 0 bridgehead atoms. The van der Waals surface area contributed by atoms with Gasteiger partial charge in [0.25, 0.3) is 11.7 Å². The number of hydrogen-bond acceptors (Lipinski definition) is 6. The molecule has 0 spiro atoms. The predicted octanol–water partition coefficient (Wildman–Crippen LogP) is 3.33. The van der Waals surface area contributed by atoms with E-state index in [1.165, 1.54) is 12.0 Å². The minimum atomic E-state index is -0.745. The van der Waals surface area contributed by atoms with Crippen LogP contribution in [0.2, 0.25) is 0 Å². The summed E-state index contributed by atoms with van der Waals surface area (Å²) < 4.78 is 15.8. The van der Waals surface area contributed by atoms with Gasteiger partial charge in [-0.15, -0.1) is 0 Å². The van der Waals surface area contributed by atoms with Crippen molar-refractivity contribution in [1.82, 2.24) is 4.90 Å². The van der Waals surface area contributed by atoms with Crippen LogP contribution in [-0.2, 0) is 14.3 Å². The van der Waals surface area contributed by atoms with Crippen molar-refractivity contribution < 1.29 is 28.9 Å². The van der Waals surface area contributed by atoms with Crippen molar-refractivity contribution in [1.29, 1.82) is 0 Å². The summed E-state index contributed by atoms with van der Waals surface area (Å²) in [6, 6.07) is 12.9. The molecule has 2 aromatic rings. The number of rotatable bonds is 9. The lowest BCUT2D eigenvalue weighted by Gasteiger charge is -2.25. The van der Waals surface area contributed by atoms with Gasteiger partial charge in [-0.05, 0) is 42.0 Å². The number of methoxy groups -OCH3 is 2. The van der Waals surface area contributed by atoms with Gasteiger partial charge in [-0.1, -0.05) is 24.8 Å². The molecule has 2 aromatic carbocycles. The van der Waals surface area contributed by atoms with Gasteiger partial charge >= 0.3 is 0 Å². The molecule has 0 unspecified atom stereocenters. The first-order chi connectivity index (χ1) is 15.0. The molecule has 0 aliphatic carbocycles. The summed E-state index contributed by atoms with van der Waals surface area (Å²) in [5.74, 6) is -0.403. The Labute approximate surface area is 181 Å². The van der Waals surface area contributed by atoms with E-state index < -0.39 is 17.7 Å². The quantitative estimate of drug-likeness (QED) is 0.288. The number of ether oxygens (including phenoxy) is 3. The number of amides is 1. The molecule has 1 aliphatic heterocycles. The van der Waals surface area contributed by atoms with Crippen LogP contribution in [0.15, 0.2) is 66.8 Å². The Morgan fingerprint density at radius 1 is 1.06 bits per heavy atom. The van der Waals surface area contributed by atoms with E-state index in [-0.39, 0.29) is 24.5 Å². The lowest BCUT2D eigenvalue weighted by atomic mass is 9.95. The molecule has 1 saturated heterocycles. The summed E-state index contributed by atoms with van der Waals surface area (Å²) in [5.41, 5.74) is 1.13. The number of likely N-dealkylation sites (tertiary alicyclic amines) is 1. The normalized spacial score (nSPS) is 17.6. The Hall–Kier alpha value is -3.58. The van der Waals surface area contributed by atoms with Crippen molar-refractivity contribution in [2.45, 2.75) is 6.04 Å². The van der Waals surface area contributed by atoms with Crippen LogP contribution in [0.3, 0.4) is 0 Å². The Morgan fingerprint density at radius 2 is 1.71 bits per heavy atom. The second kappa shape index (κ2) is 9.95. The third kappa shape index (κ3) is 4.62. The minimum absolute atomic E-state index is 0.0334. The molecule has 31 heavy (non-hydrogen) atoms. The van der Waals surface area contributed by atoms with Gasteiger partial charge in [-0.25, -0.2) is 0 Å². The molecule has 1 heterocycles. The van der Waals surface area contributed by atoms with E-state index in [1.807, 2.05) is 0 Å². The molecule has 1 fully saturated rings. The number of Topliss-reactive ketones (excluding diaryl/α,β-unsaturated/α-hetero) is 1. The van der Waals surface area contributed by atoms with Gasteiger partial charge in [0.2, 0.25) is 0 Å². The van der Waals surface area contributed by atoms with Gasteiger partial charge in [0.15, 0.2) is 0 Å². The minimum Gasteiger partial charge on any atom is -0.507 e. The van der Waals surface area contributed by atoms with Crippen molar-refractivity contribution in [3.8, 4) is 11.5 Å². The lowest BCUT2D eigenvalue weighted by molar-refractivity contribution is -0.140. The number of carbonyl (C=O) groups excluding carboxylic acids is 2. The SMILES string of the molecule is C=CCOc1ccc([C@H]2/C(=C(\O)c3ccc(OC)cc3)C(=O)C(=O)N2CCOC)cc1. The second-order valence-electron chi connectivity index (χ2n) is 6.88. The highest BCUT2D eigenvalue weighted by atomic mass is 16.5. The van der Waals surface area contributed by atoms with E-state index in [0.29, 0.717) is 29.2 Å². The molecule has 1 aliphatic rings. The molecule has 1 N–H and O–H groups in total. The number of nitrogens with zero attached hydrogens (tertiary/aromatic N) is 1. The van der Waals surface area contributed by atoms with E-state index in [9.17, 15) is 14.7 Å². The van der Waals surface area contributed by atoms with E-state index in [4.69, 9.17) is 14.2 Å². The van der Waals surface area contributed by atoms with Crippen LogP contribution in [0.5, 0.6) is 11.5 Å². The maximum atomic E-state index is 12.9. The molecular weight excluding hydrogens is 398 g/mol. The maximum absolute atomic E-state index is 12.9. The third-order valence-corrected chi connectivity index (χ3v) is 5.00. The second-order valence-corrected chi connectivity index (χ2v) is 6.88. The number of hydrogen-bond donors (Lipinski definition) is 1. The number of ketones is 1. The highest BCUT2D eigenvalue weighted by Gasteiger charge is 2.45. The first-order valence-electron chi connectivity index (χ1n) is 9.77. The summed E-state index contributed by atoms with van der Waals surface area (Å²) in [6.07, 6.45) is 1.64. The fourth-order valence-electron chi connectivity index (χ4n) is 3.45. The van der Waals surface area contributed by atoms with Crippen molar-refractivity contribution in [2.24, 2.45) is 0 Å². The fourth-order valence-corrected chi connectivity index (χ4v) is 3.45. The van der Waals surface area contributed by atoms with Gasteiger partial charge in [-0.3, -0.25) is 9.59 Å². The van der Waals surface area contributed by atoms with Crippen molar-refractivity contribution in [3.05, 3.63) is 77.9 Å². The van der Waals surface area contributed by atoms with Crippen molar-refractivity contribution in [3.63, 3.8) is 0 Å². The summed E-state index contributed by atoms with van der Waals surface area (Å²) in [5, 5.41) is 11.0. The number of aliphatic hydroxyl groups is 1. The van der Waals surface area contributed by atoms with Crippen LogP contribution < -0.4 is 9.47 Å². The van der Waals surface area contributed by atoms with Gasteiger partial charge < -0.3 is 24.2 Å². The monoisotopic (exact) mass is 423 g/mol. The Bertz CT molecular complexity index is 978. The smallest absolute Gasteiger partial charge is 0.295 e. The lowest BCUT2D eigenvalue weighted by Crippen LogP contribution is -2.32. The molecule has 1 atom stereocenters. The molecule has 7 nitrogen and oxygen atoms in total. The number of carbonyl (C=O) groups is 2. The zero-order valence-corrected chi connectivity index (χ0v) is 17.5. The molecular formula is C24H25NO6. The molecule has 0 radical (unpaired) electrons. The Morgan fingerprint density at radius 3 is 2.29 bits per heavy atom. The molecule has 1 amide bonds. The highest BCUT2D eigenvalue weighted by Crippen LogP contribution is 2.39. The molecule has 162 valence electrons. The summed E-state index contributed by atoms with van der Waals surface area (Å²) in [4.78, 5) is 27.1. The highest BCUT2D eigenvalue weighted by molar-refractivity contribution is 6.46. The van der Waals surface area contributed by atoms with Crippen LogP contribution in [0.25, 0.3) is 5.76 Å². The van der Waals surface area contributed by atoms with Crippen LogP contribution in [-0.4, -0.2) is 55.7 Å². The van der Waals surface area contributed by atoms with Gasteiger partial charge in [0.05, 0.1) is 25.3 Å². The third-order valence-electron chi connectivity index (χ3n) is 5.00. The van der Waals surface area contributed by atoms with Gasteiger partial charge in [0, 0.05) is 19.2 Å². The average Bonchev–Trinajstić information content (AvgIpc) is 3.06. The molecule has 3 rings (SSSR count). The predicted molar refractivity (Wildman–Crippen MR) is 116 cm³/mol. The van der Waals surface area contributed by atoms with Crippen LogP contribution in [0.4, 0.5) is 0 Å². The topological polar surface area (TPSA) is 85.3 Å². The fraction of sp³-hybridized carbons (Fsp3) is 0.250. The zero-order valence-electron chi connectivity index (χ0n) is 17.5. The van der Waals surface area contributed by atoms with E-state index >= 15 is 0 Å². The number of benzene rings is 2. The molecule has 0 saturated carbocycles. The first-order valence-corrected chi connectivity index (χ1v) is 9.77. The average molecular weight is 423 g/mol. The number of aliphatic hydroxyl groups excluding tert-OH is 1. The van der Waals surface area contributed by atoms with Gasteiger partial charge in [-0.2, -0.15) is 0 Å².